The number of nitrogens with two attached hydrogens (primary N) is 1. The van der Waals surface area contributed by atoms with Gasteiger partial charge in [-0.2, -0.15) is 0 Å². The highest BCUT2D eigenvalue weighted by Gasteiger charge is 2.12. The average Bonchev–Trinajstić information content (AvgIpc) is 2.30. The molecule has 0 saturated heterocycles. The molecule has 18 heavy (non-hydrogen) atoms. The maximum absolute atomic E-state index is 12.3. The zero-order valence-electron chi connectivity index (χ0n) is 9.04. The van der Waals surface area contributed by atoms with Gasteiger partial charge in [-0.25, -0.2) is 0 Å². The molecule has 0 aliphatic carbocycles. The number of para-hydroxylation sites is 1. The van der Waals surface area contributed by atoms with Gasteiger partial charge in [-0.05, 0) is 18.2 Å². The third-order valence-corrected chi connectivity index (χ3v) is 3.26. The van der Waals surface area contributed by atoms with Crippen molar-refractivity contribution in [1.29, 1.82) is 0 Å². The van der Waals surface area contributed by atoms with Crippen LogP contribution < -0.4 is 11.2 Å². The standard InChI is InChI=1S/C13H7Cl2NO2/c14-6-4-9(16)11-10(5-6)18-13-7(12(11)17)2-1-3-8(13)15/h1-5H,16H2. The Morgan fingerprint density at radius 3 is 2.72 bits per heavy atom. The Kier molecular flexibility index (Phi) is 2.47. The molecule has 2 aromatic carbocycles. The van der Waals surface area contributed by atoms with Crippen LogP contribution in [-0.2, 0) is 0 Å². The van der Waals surface area contributed by atoms with E-state index in [4.69, 9.17) is 33.4 Å². The lowest BCUT2D eigenvalue weighted by Gasteiger charge is -2.05. The summed E-state index contributed by atoms with van der Waals surface area (Å²) in [4.78, 5) is 12.3. The molecule has 0 unspecified atom stereocenters. The molecule has 2 N–H and O–H groups in total. The van der Waals surface area contributed by atoms with Crippen molar-refractivity contribution < 1.29 is 4.42 Å². The van der Waals surface area contributed by atoms with Gasteiger partial charge in [-0.3, -0.25) is 4.79 Å². The number of anilines is 1. The molecule has 0 aliphatic heterocycles. The van der Waals surface area contributed by atoms with E-state index in [1.54, 1.807) is 24.3 Å². The summed E-state index contributed by atoms with van der Waals surface area (Å²) in [6.45, 7) is 0. The molecule has 0 aliphatic rings. The van der Waals surface area contributed by atoms with E-state index >= 15 is 0 Å². The number of nitrogen functional groups attached to an aromatic ring is 1. The molecular weight excluding hydrogens is 273 g/mol. The van der Waals surface area contributed by atoms with Crippen LogP contribution in [-0.4, -0.2) is 0 Å². The summed E-state index contributed by atoms with van der Waals surface area (Å²) < 4.78 is 5.62. The average molecular weight is 280 g/mol. The lowest BCUT2D eigenvalue weighted by atomic mass is 10.1. The number of fused-ring (bicyclic) bond motifs is 2. The fourth-order valence-corrected chi connectivity index (χ4v) is 2.39. The Balaban J connectivity index is 2.66. The topological polar surface area (TPSA) is 56.2 Å². The molecule has 3 aromatic rings. The van der Waals surface area contributed by atoms with Crippen LogP contribution in [0.1, 0.15) is 0 Å². The van der Waals surface area contributed by atoms with Crippen LogP contribution in [0.5, 0.6) is 0 Å². The van der Waals surface area contributed by atoms with Crippen molar-refractivity contribution >= 4 is 50.8 Å². The Morgan fingerprint density at radius 1 is 1.17 bits per heavy atom. The molecule has 1 heterocycles. The largest absolute Gasteiger partial charge is 0.454 e. The molecule has 3 nitrogen and oxygen atoms in total. The molecule has 1 aromatic heterocycles. The number of benzene rings is 2. The van der Waals surface area contributed by atoms with Gasteiger partial charge in [0.05, 0.1) is 15.8 Å². The van der Waals surface area contributed by atoms with Gasteiger partial charge < -0.3 is 10.2 Å². The van der Waals surface area contributed by atoms with E-state index in [0.717, 1.165) is 0 Å². The molecule has 0 fully saturated rings. The second-order valence-corrected chi connectivity index (χ2v) is 4.76. The third kappa shape index (κ3) is 1.55. The molecular formula is C13H7Cl2NO2. The van der Waals surface area contributed by atoms with E-state index in [2.05, 4.69) is 0 Å². The highest BCUT2D eigenvalue weighted by Crippen LogP contribution is 2.29. The Morgan fingerprint density at radius 2 is 1.94 bits per heavy atom. The summed E-state index contributed by atoms with van der Waals surface area (Å²) in [7, 11) is 0. The van der Waals surface area contributed by atoms with Crippen molar-refractivity contribution in [3.05, 3.63) is 50.6 Å². The van der Waals surface area contributed by atoms with E-state index in [1.807, 2.05) is 0 Å². The summed E-state index contributed by atoms with van der Waals surface area (Å²) in [6.07, 6.45) is 0. The fraction of sp³-hybridized carbons (Fsp3) is 0. The number of halogens is 2. The Bertz CT molecular complexity index is 840. The van der Waals surface area contributed by atoms with Crippen LogP contribution in [0.2, 0.25) is 10.0 Å². The van der Waals surface area contributed by atoms with E-state index in [1.165, 1.54) is 6.07 Å². The normalized spacial score (nSPS) is 11.2. The first kappa shape index (κ1) is 11.4. The van der Waals surface area contributed by atoms with Crippen molar-refractivity contribution in [2.45, 2.75) is 0 Å². The van der Waals surface area contributed by atoms with Crippen molar-refractivity contribution in [3.63, 3.8) is 0 Å². The molecule has 0 atom stereocenters. The lowest BCUT2D eigenvalue weighted by molar-refractivity contribution is 0.660. The van der Waals surface area contributed by atoms with Crippen LogP contribution in [0.4, 0.5) is 5.69 Å². The van der Waals surface area contributed by atoms with Crippen LogP contribution in [0, 0.1) is 0 Å². The van der Waals surface area contributed by atoms with Gasteiger partial charge in [-0.1, -0.05) is 29.3 Å². The van der Waals surface area contributed by atoms with Gasteiger partial charge in [0.1, 0.15) is 5.58 Å². The van der Waals surface area contributed by atoms with Gasteiger partial charge in [0.25, 0.3) is 0 Å². The second-order valence-electron chi connectivity index (χ2n) is 3.92. The SMILES string of the molecule is Nc1cc(Cl)cc2oc3c(Cl)cccc3c(=O)c12. The predicted molar refractivity (Wildman–Crippen MR) is 74.4 cm³/mol. The Labute approximate surface area is 112 Å². The lowest BCUT2D eigenvalue weighted by Crippen LogP contribution is -2.05. The van der Waals surface area contributed by atoms with E-state index in [-0.39, 0.29) is 5.43 Å². The van der Waals surface area contributed by atoms with Gasteiger partial charge in [0, 0.05) is 16.8 Å². The number of hydrogen-bond donors (Lipinski definition) is 1. The van der Waals surface area contributed by atoms with Crippen LogP contribution >= 0.6 is 23.2 Å². The van der Waals surface area contributed by atoms with Gasteiger partial charge in [0.15, 0.2) is 5.58 Å². The van der Waals surface area contributed by atoms with Crippen LogP contribution in [0.15, 0.2) is 39.5 Å². The van der Waals surface area contributed by atoms with E-state index in [0.29, 0.717) is 37.7 Å². The summed E-state index contributed by atoms with van der Waals surface area (Å²) in [5, 5.41) is 1.53. The smallest absolute Gasteiger partial charge is 0.202 e. The third-order valence-electron chi connectivity index (χ3n) is 2.75. The maximum Gasteiger partial charge on any atom is 0.202 e. The minimum absolute atomic E-state index is 0.206. The van der Waals surface area contributed by atoms with Crippen LogP contribution in [0.3, 0.4) is 0 Å². The zero-order chi connectivity index (χ0) is 12.9. The zero-order valence-corrected chi connectivity index (χ0v) is 10.5. The minimum Gasteiger partial charge on any atom is -0.454 e. The summed E-state index contributed by atoms with van der Waals surface area (Å²) in [5.41, 5.74) is 6.59. The number of hydrogen-bond acceptors (Lipinski definition) is 3. The molecule has 3 rings (SSSR count). The van der Waals surface area contributed by atoms with E-state index < -0.39 is 0 Å². The van der Waals surface area contributed by atoms with Gasteiger partial charge >= 0.3 is 0 Å². The highest BCUT2D eigenvalue weighted by molar-refractivity contribution is 6.35. The summed E-state index contributed by atoms with van der Waals surface area (Å²) in [6, 6.07) is 8.08. The first-order chi connectivity index (χ1) is 8.58. The minimum atomic E-state index is -0.206. The summed E-state index contributed by atoms with van der Waals surface area (Å²) in [5.74, 6) is 0. The number of rotatable bonds is 0. The van der Waals surface area contributed by atoms with Crippen molar-refractivity contribution in [1.82, 2.24) is 0 Å². The second kappa shape index (κ2) is 3.90. The monoisotopic (exact) mass is 279 g/mol. The van der Waals surface area contributed by atoms with Crippen molar-refractivity contribution in [2.24, 2.45) is 0 Å². The predicted octanol–water partition coefficient (Wildman–Crippen LogP) is 3.84. The van der Waals surface area contributed by atoms with Crippen molar-refractivity contribution in [3.8, 4) is 0 Å². The molecule has 0 spiro atoms. The quantitative estimate of drug-likeness (QED) is 0.503. The van der Waals surface area contributed by atoms with Crippen molar-refractivity contribution in [2.75, 3.05) is 5.73 Å². The molecule has 90 valence electrons. The highest BCUT2D eigenvalue weighted by atomic mass is 35.5. The molecule has 0 amide bonds. The van der Waals surface area contributed by atoms with Crippen LogP contribution in [0.25, 0.3) is 21.9 Å². The Hall–Kier alpha value is -1.71. The maximum atomic E-state index is 12.3. The van der Waals surface area contributed by atoms with Gasteiger partial charge in [-0.15, -0.1) is 0 Å². The van der Waals surface area contributed by atoms with Gasteiger partial charge in [0.2, 0.25) is 5.43 Å². The fourth-order valence-electron chi connectivity index (χ4n) is 1.96. The molecule has 5 heteroatoms. The molecule has 0 radical (unpaired) electrons. The molecule has 0 bridgehead atoms. The summed E-state index contributed by atoms with van der Waals surface area (Å²) >= 11 is 11.9. The first-order valence-electron chi connectivity index (χ1n) is 5.18. The molecule has 0 saturated carbocycles. The van der Waals surface area contributed by atoms with E-state index in [9.17, 15) is 4.79 Å². The first-order valence-corrected chi connectivity index (χ1v) is 5.93.